The van der Waals surface area contributed by atoms with Gasteiger partial charge in [0, 0.05) is 30.7 Å². The zero-order valence-corrected chi connectivity index (χ0v) is 14.4. The third-order valence-corrected chi connectivity index (χ3v) is 6.01. The molecule has 4 rings (SSSR count). The van der Waals surface area contributed by atoms with E-state index >= 15 is 0 Å². The standard InChI is InChI=1S/C20H26N2O2/c1-15-5-6-18-16(12-15)7-10-21(18)14-19(23)22-11-9-20(24)8-3-2-4-17(20)13-22/h5-7,10,12,17,24H,2-4,8-9,11,13-14H2,1H3. The van der Waals surface area contributed by atoms with Crippen molar-refractivity contribution in [3.8, 4) is 0 Å². The highest BCUT2D eigenvalue weighted by atomic mass is 16.3. The smallest absolute Gasteiger partial charge is 0.242 e. The topological polar surface area (TPSA) is 45.5 Å². The third kappa shape index (κ3) is 2.73. The molecule has 0 radical (unpaired) electrons. The van der Waals surface area contributed by atoms with E-state index < -0.39 is 5.60 Å². The van der Waals surface area contributed by atoms with Gasteiger partial charge in [0.15, 0.2) is 0 Å². The molecular formula is C20H26N2O2. The third-order valence-electron chi connectivity index (χ3n) is 6.01. The summed E-state index contributed by atoms with van der Waals surface area (Å²) in [7, 11) is 0. The zero-order valence-electron chi connectivity index (χ0n) is 14.4. The second-order valence-corrected chi connectivity index (χ2v) is 7.64. The van der Waals surface area contributed by atoms with Crippen LogP contribution in [0.4, 0.5) is 0 Å². The maximum absolute atomic E-state index is 12.8. The van der Waals surface area contributed by atoms with Gasteiger partial charge in [-0.1, -0.05) is 24.5 Å². The van der Waals surface area contributed by atoms with Crippen LogP contribution in [0.3, 0.4) is 0 Å². The number of piperidine rings is 1. The Morgan fingerprint density at radius 3 is 3.04 bits per heavy atom. The number of likely N-dealkylation sites (tertiary alicyclic amines) is 1. The Morgan fingerprint density at radius 1 is 1.29 bits per heavy atom. The average Bonchev–Trinajstić information content (AvgIpc) is 2.95. The molecule has 2 atom stereocenters. The van der Waals surface area contributed by atoms with Crippen LogP contribution >= 0.6 is 0 Å². The van der Waals surface area contributed by atoms with E-state index in [0.29, 0.717) is 19.6 Å². The number of benzene rings is 1. The number of hydrogen-bond donors (Lipinski definition) is 1. The molecule has 1 saturated heterocycles. The number of aliphatic hydroxyl groups is 1. The van der Waals surface area contributed by atoms with Crippen LogP contribution in [0.15, 0.2) is 30.5 Å². The second-order valence-electron chi connectivity index (χ2n) is 7.64. The van der Waals surface area contributed by atoms with Crippen molar-refractivity contribution in [3.63, 3.8) is 0 Å². The SMILES string of the molecule is Cc1ccc2c(ccn2CC(=O)N2CCC3(O)CCCCC3C2)c1. The summed E-state index contributed by atoms with van der Waals surface area (Å²) in [5.41, 5.74) is 1.83. The Balaban J connectivity index is 1.48. The lowest BCUT2D eigenvalue weighted by Crippen LogP contribution is -2.55. The van der Waals surface area contributed by atoms with Crippen molar-refractivity contribution in [2.45, 2.75) is 51.2 Å². The van der Waals surface area contributed by atoms with Crippen LogP contribution in [0, 0.1) is 12.8 Å². The number of rotatable bonds is 2. The largest absolute Gasteiger partial charge is 0.389 e. The van der Waals surface area contributed by atoms with Crippen LogP contribution in [0.2, 0.25) is 0 Å². The summed E-state index contributed by atoms with van der Waals surface area (Å²) in [5, 5.41) is 12.0. The van der Waals surface area contributed by atoms with Crippen LogP contribution in [0.5, 0.6) is 0 Å². The number of amides is 1. The van der Waals surface area contributed by atoms with E-state index in [1.807, 2.05) is 15.7 Å². The van der Waals surface area contributed by atoms with Crippen molar-refractivity contribution in [2.24, 2.45) is 5.92 Å². The zero-order chi connectivity index (χ0) is 16.7. The van der Waals surface area contributed by atoms with Crippen LogP contribution in [0.25, 0.3) is 10.9 Å². The minimum atomic E-state index is -0.521. The first kappa shape index (κ1) is 15.7. The molecule has 1 aliphatic carbocycles. The first-order valence-corrected chi connectivity index (χ1v) is 9.11. The van der Waals surface area contributed by atoms with E-state index in [1.165, 1.54) is 17.4 Å². The molecule has 1 aromatic heterocycles. The predicted molar refractivity (Wildman–Crippen MR) is 94.8 cm³/mol. The Labute approximate surface area is 143 Å². The lowest BCUT2D eigenvalue weighted by molar-refractivity contribution is -0.143. The molecule has 2 unspecified atom stereocenters. The van der Waals surface area contributed by atoms with E-state index in [9.17, 15) is 9.90 Å². The summed E-state index contributed by atoms with van der Waals surface area (Å²) < 4.78 is 2.04. The Kier molecular flexibility index (Phi) is 3.87. The summed E-state index contributed by atoms with van der Waals surface area (Å²) in [5.74, 6) is 0.425. The van der Waals surface area contributed by atoms with Crippen molar-refractivity contribution in [3.05, 3.63) is 36.0 Å². The van der Waals surface area contributed by atoms with E-state index in [4.69, 9.17) is 0 Å². The maximum Gasteiger partial charge on any atom is 0.242 e. The monoisotopic (exact) mass is 326 g/mol. The van der Waals surface area contributed by atoms with Gasteiger partial charge in [-0.05, 0) is 49.8 Å². The van der Waals surface area contributed by atoms with Crippen molar-refractivity contribution in [1.82, 2.24) is 9.47 Å². The van der Waals surface area contributed by atoms with Crippen LogP contribution in [0.1, 0.15) is 37.7 Å². The molecule has 1 N–H and O–H groups in total. The van der Waals surface area contributed by atoms with Gasteiger partial charge in [-0.25, -0.2) is 0 Å². The maximum atomic E-state index is 12.8. The molecule has 128 valence electrons. The lowest BCUT2D eigenvalue weighted by Gasteiger charge is -2.47. The normalized spacial score (nSPS) is 27.2. The first-order valence-electron chi connectivity index (χ1n) is 9.11. The molecule has 2 aromatic rings. The van der Waals surface area contributed by atoms with E-state index in [1.54, 1.807) is 0 Å². The van der Waals surface area contributed by atoms with E-state index in [0.717, 1.165) is 31.2 Å². The molecule has 1 aromatic carbocycles. The molecule has 1 saturated carbocycles. The molecule has 1 amide bonds. The fourth-order valence-corrected chi connectivity index (χ4v) is 4.50. The summed E-state index contributed by atoms with van der Waals surface area (Å²) in [6.45, 7) is 3.87. The van der Waals surface area contributed by atoms with Crippen LogP contribution < -0.4 is 0 Å². The molecule has 0 bridgehead atoms. The molecule has 4 nitrogen and oxygen atoms in total. The average molecular weight is 326 g/mol. The summed E-state index contributed by atoms with van der Waals surface area (Å²) in [4.78, 5) is 14.7. The van der Waals surface area contributed by atoms with Gasteiger partial charge in [0.25, 0.3) is 0 Å². The fourth-order valence-electron chi connectivity index (χ4n) is 4.50. The van der Waals surface area contributed by atoms with E-state index in [-0.39, 0.29) is 11.8 Å². The highest BCUT2D eigenvalue weighted by Crippen LogP contribution is 2.39. The highest BCUT2D eigenvalue weighted by molar-refractivity contribution is 5.84. The minimum Gasteiger partial charge on any atom is -0.389 e. The highest BCUT2D eigenvalue weighted by Gasteiger charge is 2.43. The van der Waals surface area contributed by atoms with Crippen molar-refractivity contribution in [1.29, 1.82) is 0 Å². The van der Waals surface area contributed by atoms with Gasteiger partial charge in [-0.2, -0.15) is 0 Å². The Bertz CT molecular complexity index is 766. The Morgan fingerprint density at radius 2 is 2.17 bits per heavy atom. The number of carbonyl (C=O) groups excluding carboxylic acids is 1. The minimum absolute atomic E-state index is 0.167. The van der Waals surface area contributed by atoms with Crippen LogP contribution in [-0.4, -0.2) is 39.2 Å². The molecule has 4 heteroatoms. The lowest BCUT2D eigenvalue weighted by atomic mass is 9.71. The second kappa shape index (κ2) is 5.92. The fraction of sp³-hybridized carbons (Fsp3) is 0.550. The molecular weight excluding hydrogens is 300 g/mol. The molecule has 0 spiro atoms. The number of aromatic nitrogens is 1. The van der Waals surface area contributed by atoms with Gasteiger partial charge < -0.3 is 14.6 Å². The van der Waals surface area contributed by atoms with E-state index in [2.05, 4.69) is 31.2 Å². The predicted octanol–water partition coefficient (Wildman–Crippen LogP) is 3.10. The van der Waals surface area contributed by atoms with Gasteiger partial charge in [0.05, 0.1) is 5.60 Å². The summed E-state index contributed by atoms with van der Waals surface area (Å²) in [6, 6.07) is 8.41. The van der Waals surface area contributed by atoms with Crippen molar-refractivity contribution < 1.29 is 9.90 Å². The molecule has 2 fully saturated rings. The number of nitrogens with zero attached hydrogens (tertiary/aromatic N) is 2. The van der Waals surface area contributed by atoms with Gasteiger partial charge in [-0.15, -0.1) is 0 Å². The number of aryl methyl sites for hydroxylation is 1. The molecule has 24 heavy (non-hydrogen) atoms. The van der Waals surface area contributed by atoms with Gasteiger partial charge in [0.1, 0.15) is 6.54 Å². The van der Waals surface area contributed by atoms with Gasteiger partial charge >= 0.3 is 0 Å². The van der Waals surface area contributed by atoms with Gasteiger partial charge in [-0.3, -0.25) is 4.79 Å². The quantitative estimate of drug-likeness (QED) is 0.922. The molecule has 2 aliphatic rings. The molecule has 1 aliphatic heterocycles. The number of hydrogen-bond acceptors (Lipinski definition) is 2. The van der Waals surface area contributed by atoms with Crippen molar-refractivity contribution >= 4 is 16.8 Å². The van der Waals surface area contributed by atoms with Crippen LogP contribution in [-0.2, 0) is 11.3 Å². The first-order chi connectivity index (χ1) is 11.5. The number of carbonyl (C=O) groups is 1. The molecule has 2 heterocycles. The number of fused-ring (bicyclic) bond motifs is 2. The summed E-state index contributed by atoms with van der Waals surface area (Å²) in [6.07, 6.45) is 6.98. The van der Waals surface area contributed by atoms with Crippen molar-refractivity contribution in [2.75, 3.05) is 13.1 Å². The summed E-state index contributed by atoms with van der Waals surface area (Å²) >= 11 is 0. The Hall–Kier alpha value is -1.81. The van der Waals surface area contributed by atoms with Gasteiger partial charge in [0.2, 0.25) is 5.91 Å².